The Kier molecular flexibility index (Phi) is 5.71. The summed E-state index contributed by atoms with van der Waals surface area (Å²) in [5.74, 6) is 0.231. The minimum Gasteiger partial charge on any atom is -0.444 e. The van der Waals surface area contributed by atoms with Crippen molar-refractivity contribution in [3.63, 3.8) is 0 Å². The van der Waals surface area contributed by atoms with Crippen molar-refractivity contribution in [1.82, 2.24) is 14.7 Å². The van der Waals surface area contributed by atoms with Gasteiger partial charge in [-0.2, -0.15) is 0 Å². The third-order valence-corrected chi connectivity index (χ3v) is 4.49. The van der Waals surface area contributed by atoms with Crippen molar-refractivity contribution in [3.8, 4) is 0 Å². The molecule has 0 aromatic carbocycles. The summed E-state index contributed by atoms with van der Waals surface area (Å²) in [7, 11) is 0. The van der Waals surface area contributed by atoms with Crippen molar-refractivity contribution in [2.75, 3.05) is 45.8 Å². The fourth-order valence-electron chi connectivity index (χ4n) is 2.68. The van der Waals surface area contributed by atoms with Gasteiger partial charge >= 0.3 is 6.09 Å². The lowest BCUT2D eigenvalue weighted by Gasteiger charge is -2.36. The Labute approximate surface area is 140 Å². The van der Waals surface area contributed by atoms with Gasteiger partial charge in [-0.1, -0.05) is 15.9 Å². The zero-order chi connectivity index (χ0) is 16.3. The van der Waals surface area contributed by atoms with E-state index in [2.05, 4.69) is 20.8 Å². The van der Waals surface area contributed by atoms with Crippen LogP contribution in [0.15, 0.2) is 0 Å². The number of nitrogens with zero attached hydrogens (tertiary/aromatic N) is 3. The highest BCUT2D eigenvalue weighted by molar-refractivity contribution is 9.09. The molecule has 2 amide bonds. The number of carbonyl (C=O) groups excluding carboxylic acids is 2. The first kappa shape index (κ1) is 17.5. The highest BCUT2D eigenvalue weighted by atomic mass is 79.9. The van der Waals surface area contributed by atoms with Crippen molar-refractivity contribution in [1.29, 1.82) is 0 Å². The number of halogens is 1. The monoisotopic (exact) mass is 375 g/mol. The van der Waals surface area contributed by atoms with Gasteiger partial charge < -0.3 is 14.5 Å². The number of amides is 2. The largest absolute Gasteiger partial charge is 0.444 e. The van der Waals surface area contributed by atoms with Crippen LogP contribution >= 0.6 is 15.9 Å². The summed E-state index contributed by atoms with van der Waals surface area (Å²) in [6, 6.07) is 0. The number of ether oxygens (including phenoxy) is 1. The maximum absolute atomic E-state index is 12.0. The van der Waals surface area contributed by atoms with Crippen LogP contribution in [0.4, 0.5) is 4.79 Å². The van der Waals surface area contributed by atoms with Crippen LogP contribution in [0.2, 0.25) is 0 Å². The second-order valence-electron chi connectivity index (χ2n) is 6.95. The molecule has 6 nitrogen and oxygen atoms in total. The lowest BCUT2D eigenvalue weighted by atomic mass is 10.2. The molecule has 2 heterocycles. The molecule has 2 saturated heterocycles. The van der Waals surface area contributed by atoms with Crippen LogP contribution in [-0.4, -0.2) is 82.9 Å². The first-order valence-electron chi connectivity index (χ1n) is 7.87. The second kappa shape index (κ2) is 7.17. The van der Waals surface area contributed by atoms with E-state index >= 15 is 0 Å². The van der Waals surface area contributed by atoms with Gasteiger partial charge in [0.2, 0.25) is 5.91 Å². The first-order chi connectivity index (χ1) is 10.2. The molecule has 22 heavy (non-hydrogen) atoms. The molecule has 2 aliphatic rings. The molecule has 7 heteroatoms. The summed E-state index contributed by atoms with van der Waals surface area (Å²) in [6.45, 7) is 11.1. The Morgan fingerprint density at radius 3 is 2.36 bits per heavy atom. The van der Waals surface area contributed by atoms with Crippen LogP contribution in [-0.2, 0) is 9.53 Å². The van der Waals surface area contributed by atoms with E-state index in [0.29, 0.717) is 24.3 Å². The van der Waals surface area contributed by atoms with E-state index in [4.69, 9.17) is 4.74 Å². The van der Waals surface area contributed by atoms with Crippen molar-refractivity contribution in [2.45, 2.75) is 37.6 Å². The van der Waals surface area contributed by atoms with Gasteiger partial charge in [-0.15, -0.1) is 0 Å². The number of carbonyl (C=O) groups is 2. The molecule has 0 spiro atoms. The van der Waals surface area contributed by atoms with Gasteiger partial charge in [0.25, 0.3) is 0 Å². The molecule has 2 aliphatic heterocycles. The minimum absolute atomic E-state index is 0.231. The van der Waals surface area contributed by atoms with Crippen LogP contribution in [0.25, 0.3) is 0 Å². The normalized spacial score (nSPS) is 24.0. The maximum Gasteiger partial charge on any atom is 0.410 e. The standard InChI is InChI=1S/C15H26BrN3O3/c1-15(2,3)22-14(21)18-7-4-17(5-8-18)6-9-19-11-12(16)10-13(19)20/h12H,4-11H2,1-3H3. The van der Waals surface area contributed by atoms with Gasteiger partial charge in [0.05, 0.1) is 0 Å². The number of alkyl halides is 1. The quantitative estimate of drug-likeness (QED) is 0.702. The maximum atomic E-state index is 12.0. The topological polar surface area (TPSA) is 53.1 Å². The van der Waals surface area contributed by atoms with Gasteiger partial charge in [-0.3, -0.25) is 9.69 Å². The average Bonchev–Trinajstić information content (AvgIpc) is 2.73. The zero-order valence-electron chi connectivity index (χ0n) is 13.7. The lowest BCUT2D eigenvalue weighted by molar-refractivity contribution is -0.127. The Bertz CT molecular complexity index is 417. The van der Waals surface area contributed by atoms with Gasteiger partial charge in [0, 0.05) is 57.1 Å². The Balaban J connectivity index is 1.69. The molecule has 2 rings (SSSR count). The Morgan fingerprint density at radius 2 is 1.86 bits per heavy atom. The number of hydrogen-bond donors (Lipinski definition) is 0. The van der Waals surface area contributed by atoms with Crippen molar-refractivity contribution in [3.05, 3.63) is 0 Å². The van der Waals surface area contributed by atoms with E-state index in [1.54, 1.807) is 4.90 Å². The number of rotatable bonds is 3. The highest BCUT2D eigenvalue weighted by Gasteiger charge is 2.29. The van der Waals surface area contributed by atoms with Gasteiger partial charge in [0.15, 0.2) is 0 Å². The molecular formula is C15H26BrN3O3. The summed E-state index contributed by atoms with van der Waals surface area (Å²) in [5.41, 5.74) is -0.448. The molecule has 1 unspecified atom stereocenters. The van der Waals surface area contributed by atoms with E-state index < -0.39 is 5.60 Å². The number of likely N-dealkylation sites (tertiary alicyclic amines) is 1. The fraction of sp³-hybridized carbons (Fsp3) is 0.867. The summed E-state index contributed by atoms with van der Waals surface area (Å²) in [6.07, 6.45) is 0.371. The molecule has 0 bridgehead atoms. The predicted molar refractivity (Wildman–Crippen MR) is 88.2 cm³/mol. The second-order valence-corrected chi connectivity index (χ2v) is 8.25. The van der Waals surface area contributed by atoms with Crippen LogP contribution in [0.5, 0.6) is 0 Å². The van der Waals surface area contributed by atoms with Crippen LogP contribution in [0.3, 0.4) is 0 Å². The number of hydrogen-bond acceptors (Lipinski definition) is 4. The fourth-order valence-corrected chi connectivity index (χ4v) is 3.31. The van der Waals surface area contributed by atoms with Gasteiger partial charge in [-0.05, 0) is 20.8 Å². The Hall–Kier alpha value is -0.820. The van der Waals surface area contributed by atoms with Gasteiger partial charge in [-0.25, -0.2) is 4.79 Å². The van der Waals surface area contributed by atoms with Crippen LogP contribution in [0, 0.1) is 0 Å². The average molecular weight is 376 g/mol. The molecule has 0 N–H and O–H groups in total. The van der Waals surface area contributed by atoms with Gasteiger partial charge in [0.1, 0.15) is 5.60 Å². The molecule has 0 radical (unpaired) electrons. The molecule has 2 fully saturated rings. The third kappa shape index (κ3) is 5.12. The molecule has 0 aromatic heterocycles. The SMILES string of the molecule is CC(C)(C)OC(=O)N1CCN(CCN2CC(Br)CC2=O)CC1. The molecule has 0 aliphatic carbocycles. The summed E-state index contributed by atoms with van der Waals surface area (Å²) < 4.78 is 5.39. The van der Waals surface area contributed by atoms with Crippen LogP contribution < -0.4 is 0 Å². The summed E-state index contributed by atoms with van der Waals surface area (Å²) in [5, 5.41) is 0. The van der Waals surface area contributed by atoms with Crippen molar-refractivity contribution < 1.29 is 14.3 Å². The van der Waals surface area contributed by atoms with Crippen molar-refractivity contribution >= 4 is 27.9 Å². The van der Waals surface area contributed by atoms with E-state index in [1.807, 2.05) is 25.7 Å². The van der Waals surface area contributed by atoms with E-state index in [0.717, 1.165) is 32.7 Å². The minimum atomic E-state index is -0.448. The first-order valence-corrected chi connectivity index (χ1v) is 8.78. The van der Waals surface area contributed by atoms with E-state index in [1.165, 1.54) is 0 Å². The third-order valence-electron chi connectivity index (χ3n) is 3.88. The van der Waals surface area contributed by atoms with Crippen LogP contribution in [0.1, 0.15) is 27.2 Å². The molecule has 126 valence electrons. The molecule has 1 atom stereocenters. The zero-order valence-corrected chi connectivity index (χ0v) is 15.3. The van der Waals surface area contributed by atoms with E-state index in [9.17, 15) is 9.59 Å². The summed E-state index contributed by atoms with van der Waals surface area (Å²) >= 11 is 3.50. The predicted octanol–water partition coefficient (Wildman–Crippen LogP) is 1.53. The van der Waals surface area contributed by atoms with Crippen molar-refractivity contribution in [2.24, 2.45) is 0 Å². The Morgan fingerprint density at radius 1 is 1.23 bits per heavy atom. The molecular weight excluding hydrogens is 350 g/mol. The molecule has 0 aromatic rings. The lowest BCUT2D eigenvalue weighted by Crippen LogP contribution is -2.51. The summed E-state index contributed by atoms with van der Waals surface area (Å²) in [4.78, 5) is 30.0. The number of piperazine rings is 1. The highest BCUT2D eigenvalue weighted by Crippen LogP contribution is 2.18. The molecule has 0 saturated carbocycles. The van der Waals surface area contributed by atoms with E-state index in [-0.39, 0.29) is 12.0 Å². The smallest absolute Gasteiger partial charge is 0.410 e.